The Labute approximate surface area is 139 Å². The second-order valence-corrected chi connectivity index (χ2v) is 6.91. The normalized spacial score (nSPS) is 21.3. The molecule has 0 atom stereocenters. The minimum Gasteiger partial charge on any atom is -0.534 e. The van der Waals surface area contributed by atoms with Crippen molar-refractivity contribution in [3.8, 4) is 5.75 Å². The molecule has 0 aliphatic carbocycles. The number of methoxy groups -OCH3 is 1. The van der Waals surface area contributed by atoms with E-state index in [1.165, 1.54) is 37.9 Å². The summed E-state index contributed by atoms with van der Waals surface area (Å²) in [5.74, 6) is 1.56. The maximum Gasteiger partial charge on any atom is 0.563 e. The Morgan fingerprint density at radius 3 is 2.61 bits per heavy atom. The van der Waals surface area contributed by atoms with Crippen LogP contribution in [0.1, 0.15) is 38.7 Å². The highest BCUT2D eigenvalue weighted by Gasteiger charge is 2.43. The Bertz CT molecular complexity index is 582. The van der Waals surface area contributed by atoms with Gasteiger partial charge in [0.05, 0.1) is 12.9 Å². The van der Waals surface area contributed by atoms with Crippen molar-refractivity contribution in [2.45, 2.75) is 45.3 Å². The van der Waals surface area contributed by atoms with Gasteiger partial charge in [-0.3, -0.25) is 4.90 Å². The average Bonchev–Trinajstić information content (AvgIpc) is 2.82. The highest BCUT2D eigenvalue weighted by atomic mass is 16.7. The Morgan fingerprint density at radius 1 is 1.26 bits per heavy atom. The van der Waals surface area contributed by atoms with E-state index >= 15 is 0 Å². The van der Waals surface area contributed by atoms with E-state index in [1.54, 1.807) is 7.11 Å². The quantitative estimate of drug-likeness (QED) is 0.800. The molecule has 0 unspecified atom stereocenters. The molecular weight excluding hydrogens is 289 g/mol. The summed E-state index contributed by atoms with van der Waals surface area (Å²) >= 11 is 0. The molecule has 124 valence electrons. The maximum atomic E-state index is 5.95. The van der Waals surface area contributed by atoms with Gasteiger partial charge in [-0.2, -0.15) is 0 Å². The standard InChI is InChI=1S/C18H26BNO3/c1-14-18(2,3)23-19(22-14)16-9-8-15(17(12-16)21-4)13-20-10-6-5-7-11-20/h8-9,12H,1,5-7,10-11,13H2,2-4H3. The van der Waals surface area contributed by atoms with Gasteiger partial charge in [-0.05, 0) is 45.8 Å². The first-order valence-corrected chi connectivity index (χ1v) is 8.42. The van der Waals surface area contributed by atoms with E-state index in [0.29, 0.717) is 5.76 Å². The molecule has 1 aromatic carbocycles. The number of likely N-dealkylation sites (tertiary alicyclic amines) is 1. The van der Waals surface area contributed by atoms with Crippen LogP contribution < -0.4 is 10.2 Å². The second kappa shape index (κ2) is 6.58. The van der Waals surface area contributed by atoms with Gasteiger partial charge in [0, 0.05) is 17.6 Å². The van der Waals surface area contributed by atoms with E-state index in [1.807, 2.05) is 19.9 Å². The van der Waals surface area contributed by atoms with Crippen molar-refractivity contribution in [2.75, 3.05) is 20.2 Å². The Morgan fingerprint density at radius 2 is 2.00 bits per heavy atom. The van der Waals surface area contributed by atoms with E-state index in [0.717, 1.165) is 17.8 Å². The lowest BCUT2D eigenvalue weighted by molar-refractivity contribution is 0.173. The van der Waals surface area contributed by atoms with Crippen molar-refractivity contribution in [1.29, 1.82) is 0 Å². The third kappa shape index (κ3) is 3.56. The molecule has 5 heteroatoms. The number of piperidine rings is 1. The van der Waals surface area contributed by atoms with Gasteiger partial charge in [-0.15, -0.1) is 0 Å². The smallest absolute Gasteiger partial charge is 0.534 e. The fourth-order valence-electron chi connectivity index (χ4n) is 3.16. The molecule has 0 aromatic heterocycles. The summed E-state index contributed by atoms with van der Waals surface area (Å²) in [4.78, 5) is 2.49. The Balaban J connectivity index is 1.75. The molecule has 2 aliphatic rings. The molecular formula is C18H26BNO3. The summed E-state index contributed by atoms with van der Waals surface area (Å²) in [5, 5.41) is 0. The third-order valence-electron chi connectivity index (χ3n) is 4.75. The van der Waals surface area contributed by atoms with Crippen LogP contribution in [0.2, 0.25) is 0 Å². The van der Waals surface area contributed by atoms with Gasteiger partial charge in [0.1, 0.15) is 11.4 Å². The van der Waals surface area contributed by atoms with Crippen LogP contribution in [0.25, 0.3) is 0 Å². The molecule has 1 aromatic rings. The zero-order chi connectivity index (χ0) is 16.4. The number of benzene rings is 1. The minimum atomic E-state index is -0.454. The number of rotatable bonds is 4. The van der Waals surface area contributed by atoms with E-state index in [-0.39, 0.29) is 0 Å². The molecule has 23 heavy (non-hydrogen) atoms. The maximum absolute atomic E-state index is 5.95. The van der Waals surface area contributed by atoms with Crippen molar-refractivity contribution in [3.63, 3.8) is 0 Å². The number of ether oxygens (including phenoxy) is 1. The van der Waals surface area contributed by atoms with Gasteiger partial charge in [0.25, 0.3) is 0 Å². The van der Waals surface area contributed by atoms with E-state index in [4.69, 9.17) is 14.0 Å². The summed E-state index contributed by atoms with van der Waals surface area (Å²) in [6, 6.07) is 6.23. The monoisotopic (exact) mass is 315 g/mol. The molecule has 0 N–H and O–H groups in total. The number of hydrogen-bond acceptors (Lipinski definition) is 4. The SMILES string of the molecule is C=C1OB(c2ccc(CN3CCCCC3)c(OC)c2)OC1(C)C. The first-order valence-electron chi connectivity index (χ1n) is 8.42. The lowest BCUT2D eigenvalue weighted by Gasteiger charge is -2.27. The number of nitrogens with zero attached hydrogens (tertiary/aromatic N) is 1. The highest BCUT2D eigenvalue weighted by Crippen LogP contribution is 2.30. The van der Waals surface area contributed by atoms with Crippen LogP contribution in [-0.2, 0) is 15.9 Å². The van der Waals surface area contributed by atoms with Crippen LogP contribution in [-0.4, -0.2) is 37.8 Å². The van der Waals surface area contributed by atoms with Crippen LogP contribution in [0.15, 0.2) is 30.5 Å². The zero-order valence-corrected chi connectivity index (χ0v) is 14.4. The topological polar surface area (TPSA) is 30.9 Å². The summed E-state index contributed by atoms with van der Waals surface area (Å²) < 4.78 is 17.3. The largest absolute Gasteiger partial charge is 0.563 e. The third-order valence-corrected chi connectivity index (χ3v) is 4.75. The molecule has 0 bridgehead atoms. The van der Waals surface area contributed by atoms with Crippen LogP contribution in [0, 0.1) is 0 Å². The van der Waals surface area contributed by atoms with Crippen molar-refractivity contribution < 1.29 is 14.0 Å². The van der Waals surface area contributed by atoms with Crippen molar-refractivity contribution >= 4 is 12.6 Å². The molecule has 3 rings (SSSR count). The van der Waals surface area contributed by atoms with Crippen molar-refractivity contribution in [1.82, 2.24) is 4.90 Å². The predicted molar refractivity (Wildman–Crippen MR) is 92.9 cm³/mol. The molecule has 0 radical (unpaired) electrons. The van der Waals surface area contributed by atoms with E-state index in [9.17, 15) is 0 Å². The lowest BCUT2D eigenvalue weighted by atomic mass is 9.78. The van der Waals surface area contributed by atoms with Crippen LogP contribution in [0.5, 0.6) is 5.75 Å². The second-order valence-electron chi connectivity index (χ2n) is 6.91. The van der Waals surface area contributed by atoms with Gasteiger partial charge in [0.15, 0.2) is 0 Å². The fraction of sp³-hybridized carbons (Fsp3) is 0.556. The minimum absolute atomic E-state index is 0.407. The summed E-state index contributed by atoms with van der Waals surface area (Å²) in [6.07, 6.45) is 3.94. The molecule has 2 saturated heterocycles. The van der Waals surface area contributed by atoms with Gasteiger partial charge >= 0.3 is 7.12 Å². The average molecular weight is 315 g/mol. The van der Waals surface area contributed by atoms with E-state index < -0.39 is 12.7 Å². The Kier molecular flexibility index (Phi) is 4.69. The molecule has 2 fully saturated rings. The highest BCUT2D eigenvalue weighted by molar-refractivity contribution is 6.62. The van der Waals surface area contributed by atoms with Crippen LogP contribution in [0.3, 0.4) is 0 Å². The summed E-state index contributed by atoms with van der Waals surface area (Å²) in [7, 11) is 1.31. The molecule has 0 amide bonds. The van der Waals surface area contributed by atoms with Crippen molar-refractivity contribution in [3.05, 3.63) is 36.1 Å². The van der Waals surface area contributed by atoms with Gasteiger partial charge in [-0.1, -0.05) is 25.1 Å². The molecule has 0 saturated carbocycles. The van der Waals surface area contributed by atoms with Crippen LogP contribution >= 0.6 is 0 Å². The van der Waals surface area contributed by atoms with E-state index in [2.05, 4.69) is 23.6 Å². The van der Waals surface area contributed by atoms with Gasteiger partial charge in [0.2, 0.25) is 0 Å². The lowest BCUT2D eigenvalue weighted by Crippen LogP contribution is -2.35. The first-order chi connectivity index (χ1) is 11.0. The predicted octanol–water partition coefficient (Wildman–Crippen LogP) is 2.72. The molecule has 4 nitrogen and oxygen atoms in total. The number of hydrogen-bond donors (Lipinski definition) is 0. The van der Waals surface area contributed by atoms with Crippen molar-refractivity contribution in [2.24, 2.45) is 0 Å². The molecule has 0 spiro atoms. The van der Waals surface area contributed by atoms with Gasteiger partial charge < -0.3 is 14.0 Å². The summed E-state index contributed by atoms with van der Waals surface area (Å²) in [5.41, 5.74) is 1.73. The zero-order valence-electron chi connectivity index (χ0n) is 14.4. The molecule has 2 aliphatic heterocycles. The molecule has 2 heterocycles. The summed E-state index contributed by atoms with van der Waals surface area (Å²) in [6.45, 7) is 11.2. The van der Waals surface area contributed by atoms with Crippen LogP contribution in [0.4, 0.5) is 0 Å². The fourth-order valence-corrected chi connectivity index (χ4v) is 3.16. The first kappa shape index (κ1) is 16.4. The van der Waals surface area contributed by atoms with Gasteiger partial charge in [-0.25, -0.2) is 0 Å². The Hall–Kier alpha value is -1.46.